The van der Waals surface area contributed by atoms with Crippen LogP contribution in [0, 0.1) is 0 Å². The average Bonchev–Trinajstić information content (AvgIpc) is 2.34. The average molecular weight is 332 g/mol. The van der Waals surface area contributed by atoms with Crippen molar-refractivity contribution in [1.29, 1.82) is 0 Å². The molecule has 0 bridgehead atoms. The molecule has 2 unspecified atom stereocenters. The summed E-state index contributed by atoms with van der Waals surface area (Å²) < 4.78 is 2.80. The van der Waals surface area contributed by atoms with Gasteiger partial charge in [-0.05, 0) is 0 Å². The van der Waals surface area contributed by atoms with Crippen LogP contribution in [-0.4, -0.2) is 52.9 Å². The van der Waals surface area contributed by atoms with Gasteiger partial charge >= 0.3 is 113 Å². The van der Waals surface area contributed by atoms with Gasteiger partial charge in [0.15, 0.2) is 0 Å². The van der Waals surface area contributed by atoms with Gasteiger partial charge in [0.25, 0.3) is 0 Å². The van der Waals surface area contributed by atoms with E-state index in [-0.39, 0.29) is 0 Å². The Kier molecular flexibility index (Phi) is 4.43. The molecule has 0 radical (unpaired) electrons. The fourth-order valence-electron chi connectivity index (χ4n) is 2.77. The molecule has 0 N–H and O–H groups in total. The summed E-state index contributed by atoms with van der Waals surface area (Å²) in [6, 6.07) is 0. The van der Waals surface area contributed by atoms with E-state index in [1.807, 2.05) is 0 Å². The van der Waals surface area contributed by atoms with Crippen molar-refractivity contribution in [2.75, 3.05) is 14.1 Å². The molecule has 0 aromatic carbocycles. The van der Waals surface area contributed by atoms with Crippen LogP contribution in [0.15, 0.2) is 48.9 Å². The Labute approximate surface area is 113 Å². The van der Waals surface area contributed by atoms with E-state index in [1.54, 1.807) is 0 Å². The van der Waals surface area contributed by atoms with Gasteiger partial charge in [0.05, 0.1) is 0 Å². The second-order valence-corrected chi connectivity index (χ2v) is 14.9. The van der Waals surface area contributed by atoms with Crippen LogP contribution in [0.2, 0.25) is 4.18 Å². The van der Waals surface area contributed by atoms with Crippen molar-refractivity contribution in [3.8, 4) is 0 Å². The molecular formula is C14H21InN2. The van der Waals surface area contributed by atoms with Crippen LogP contribution in [0.5, 0.6) is 0 Å². The molecule has 0 saturated carbocycles. The number of likely N-dealkylation sites (N-methyl/N-ethyl adjacent to an activating group) is 2. The molecule has 3 heteroatoms. The maximum atomic E-state index is 2.41. The SMILES string of the molecule is C[CH2][In]([CH]1C=CC=CN1C)[CH]1C=CC=CN1C. The van der Waals surface area contributed by atoms with Gasteiger partial charge in [-0.25, -0.2) is 0 Å². The zero-order valence-corrected chi connectivity index (χ0v) is 14.2. The van der Waals surface area contributed by atoms with E-state index in [9.17, 15) is 0 Å². The van der Waals surface area contributed by atoms with Crippen molar-refractivity contribution >= 4 is 21.4 Å². The normalized spacial score (nSPS) is 26.8. The topological polar surface area (TPSA) is 6.48 Å². The van der Waals surface area contributed by atoms with Crippen LogP contribution < -0.4 is 0 Å². The summed E-state index contributed by atoms with van der Waals surface area (Å²) >= 11 is -1.70. The zero-order chi connectivity index (χ0) is 12.3. The van der Waals surface area contributed by atoms with Crippen LogP contribution in [0.25, 0.3) is 0 Å². The van der Waals surface area contributed by atoms with Gasteiger partial charge < -0.3 is 0 Å². The summed E-state index contributed by atoms with van der Waals surface area (Å²) in [6.45, 7) is 2.38. The molecule has 0 aliphatic carbocycles. The second-order valence-electron chi connectivity index (χ2n) is 4.84. The molecule has 90 valence electrons. The fraction of sp³-hybridized carbons (Fsp3) is 0.429. The van der Waals surface area contributed by atoms with E-state index in [2.05, 4.69) is 79.7 Å². The van der Waals surface area contributed by atoms with E-state index in [1.165, 1.54) is 4.18 Å². The first-order valence-electron chi connectivity index (χ1n) is 6.38. The Morgan fingerprint density at radius 2 is 1.35 bits per heavy atom. The van der Waals surface area contributed by atoms with Crippen molar-refractivity contribution in [3.05, 3.63) is 48.9 Å². The first kappa shape index (κ1) is 12.9. The van der Waals surface area contributed by atoms with Gasteiger partial charge in [0.2, 0.25) is 0 Å². The number of rotatable bonds is 3. The molecule has 0 aromatic heterocycles. The third-order valence-electron chi connectivity index (χ3n) is 3.77. The van der Waals surface area contributed by atoms with Gasteiger partial charge in [0, 0.05) is 0 Å². The van der Waals surface area contributed by atoms with Crippen LogP contribution in [-0.2, 0) is 0 Å². The Morgan fingerprint density at radius 3 is 1.71 bits per heavy atom. The van der Waals surface area contributed by atoms with Crippen LogP contribution in [0.1, 0.15) is 6.92 Å². The van der Waals surface area contributed by atoms with E-state index < -0.39 is 21.4 Å². The molecule has 0 amide bonds. The second kappa shape index (κ2) is 5.85. The fourth-order valence-corrected chi connectivity index (χ4v) is 13.1. The van der Waals surface area contributed by atoms with Gasteiger partial charge in [-0.3, -0.25) is 0 Å². The Bertz CT molecular complexity index is 336. The Balaban J connectivity index is 2.16. The Hall–Kier alpha value is -0.570. The molecule has 0 aromatic rings. The molecule has 2 atom stereocenters. The van der Waals surface area contributed by atoms with Crippen LogP contribution in [0.3, 0.4) is 0 Å². The summed E-state index contributed by atoms with van der Waals surface area (Å²) in [6.07, 6.45) is 17.9. The number of hydrogen-bond acceptors (Lipinski definition) is 2. The van der Waals surface area contributed by atoms with Crippen LogP contribution in [0.4, 0.5) is 0 Å². The molecule has 0 spiro atoms. The molecule has 2 heterocycles. The van der Waals surface area contributed by atoms with Gasteiger partial charge in [-0.1, -0.05) is 0 Å². The molecule has 2 nitrogen and oxygen atoms in total. The standard InChI is InChI=1S/2C6H8N.C2H5.In/c2*1-7-5-3-2-4-6-7;1-2;/h2*2-6H,1H3;1H2,2H3;. The molecule has 0 saturated heterocycles. The molecule has 2 aliphatic rings. The number of hydrogen-bond donors (Lipinski definition) is 0. The van der Waals surface area contributed by atoms with Crippen molar-refractivity contribution < 1.29 is 0 Å². The summed E-state index contributed by atoms with van der Waals surface area (Å²) in [4.78, 5) is 4.81. The summed E-state index contributed by atoms with van der Waals surface area (Å²) in [7, 11) is 4.43. The third kappa shape index (κ3) is 2.82. The van der Waals surface area contributed by atoms with E-state index >= 15 is 0 Å². The maximum absolute atomic E-state index is 2.41. The molecular weight excluding hydrogens is 311 g/mol. The Morgan fingerprint density at radius 1 is 0.882 bits per heavy atom. The summed E-state index contributed by atoms with van der Waals surface area (Å²) in [5, 5.41) is 0. The van der Waals surface area contributed by atoms with Gasteiger partial charge in [0.1, 0.15) is 0 Å². The predicted molar refractivity (Wildman–Crippen MR) is 75.9 cm³/mol. The van der Waals surface area contributed by atoms with E-state index in [0.717, 1.165) is 0 Å². The van der Waals surface area contributed by atoms with E-state index in [0.29, 0.717) is 7.60 Å². The first-order chi connectivity index (χ1) is 8.24. The quantitative estimate of drug-likeness (QED) is 0.783. The van der Waals surface area contributed by atoms with E-state index in [4.69, 9.17) is 0 Å². The monoisotopic (exact) mass is 332 g/mol. The number of allylic oxidation sites excluding steroid dienone is 4. The number of nitrogens with zero attached hydrogens (tertiary/aromatic N) is 2. The van der Waals surface area contributed by atoms with Crippen molar-refractivity contribution in [3.63, 3.8) is 0 Å². The van der Waals surface area contributed by atoms with Crippen molar-refractivity contribution in [2.24, 2.45) is 0 Å². The molecule has 2 aliphatic heterocycles. The minimum absolute atomic E-state index is 0.704. The minimum atomic E-state index is -1.70. The van der Waals surface area contributed by atoms with Crippen LogP contribution >= 0.6 is 0 Å². The molecule has 2 rings (SSSR count). The van der Waals surface area contributed by atoms with Gasteiger partial charge in [-0.15, -0.1) is 0 Å². The molecule has 17 heavy (non-hydrogen) atoms. The summed E-state index contributed by atoms with van der Waals surface area (Å²) in [5.74, 6) is 0. The first-order valence-corrected chi connectivity index (χ1v) is 12.5. The predicted octanol–water partition coefficient (Wildman–Crippen LogP) is 2.35. The van der Waals surface area contributed by atoms with Gasteiger partial charge in [-0.2, -0.15) is 0 Å². The molecule has 0 fully saturated rings. The van der Waals surface area contributed by atoms with Crippen molar-refractivity contribution in [2.45, 2.75) is 18.7 Å². The third-order valence-corrected chi connectivity index (χ3v) is 15.4. The zero-order valence-electron chi connectivity index (χ0n) is 11.0. The summed E-state index contributed by atoms with van der Waals surface area (Å²) in [5.41, 5.74) is 0. The van der Waals surface area contributed by atoms with Crippen molar-refractivity contribution in [1.82, 2.24) is 9.80 Å².